The summed E-state index contributed by atoms with van der Waals surface area (Å²) in [4.78, 5) is 45.9. The van der Waals surface area contributed by atoms with Gasteiger partial charge in [0.05, 0.1) is 13.0 Å². The van der Waals surface area contributed by atoms with Gasteiger partial charge in [0.25, 0.3) is 0 Å². The third-order valence-corrected chi connectivity index (χ3v) is 3.97. The maximum atomic E-state index is 11.6. The van der Waals surface area contributed by atoms with Crippen LogP contribution in [0.3, 0.4) is 0 Å². The highest BCUT2D eigenvalue weighted by Crippen LogP contribution is 2.34. The van der Waals surface area contributed by atoms with Gasteiger partial charge in [-0.3, -0.25) is 19.2 Å². The van der Waals surface area contributed by atoms with E-state index >= 15 is 0 Å². The van der Waals surface area contributed by atoms with Crippen molar-refractivity contribution in [2.45, 2.75) is 58.2 Å². The minimum Gasteiger partial charge on any atom is -0.469 e. The van der Waals surface area contributed by atoms with E-state index in [1.54, 1.807) is 0 Å². The number of hydrogen-bond acceptors (Lipinski definition) is 10. The zero-order valence-corrected chi connectivity index (χ0v) is 16.1. The lowest BCUT2D eigenvalue weighted by Crippen LogP contribution is -2.59. The van der Waals surface area contributed by atoms with Crippen molar-refractivity contribution in [1.82, 2.24) is 0 Å². The van der Waals surface area contributed by atoms with Crippen LogP contribution in [0.25, 0.3) is 0 Å². The second kappa shape index (κ2) is 10.8. The summed E-state index contributed by atoms with van der Waals surface area (Å²) in [6.45, 7) is 3.40. The molecule has 1 rings (SSSR count). The van der Waals surface area contributed by atoms with E-state index in [-0.39, 0.29) is 19.4 Å². The Morgan fingerprint density at radius 1 is 0.889 bits per heavy atom. The fourth-order valence-electron chi connectivity index (χ4n) is 2.89. The molecule has 1 saturated heterocycles. The van der Waals surface area contributed by atoms with E-state index in [4.69, 9.17) is 23.7 Å². The van der Waals surface area contributed by atoms with Crippen molar-refractivity contribution in [1.29, 1.82) is 0 Å². The summed E-state index contributed by atoms with van der Waals surface area (Å²) in [6, 6.07) is 0. The molecule has 1 aliphatic heterocycles. The van der Waals surface area contributed by atoms with Crippen molar-refractivity contribution in [2.24, 2.45) is 5.92 Å². The number of rotatable bonds is 8. The molecule has 5 atom stereocenters. The van der Waals surface area contributed by atoms with E-state index in [1.165, 1.54) is 35.0 Å². The lowest BCUT2D eigenvalue weighted by Gasteiger charge is -2.44. The third kappa shape index (κ3) is 7.14. The number of methoxy groups -OCH3 is 2. The Hall–Kier alpha value is -2.20. The van der Waals surface area contributed by atoms with Crippen molar-refractivity contribution >= 4 is 23.9 Å². The van der Waals surface area contributed by atoms with E-state index < -0.39 is 54.4 Å². The summed E-state index contributed by atoms with van der Waals surface area (Å²) >= 11 is 0. The molecular formula is C17H26O10. The molecule has 1 fully saturated rings. The Morgan fingerprint density at radius 2 is 1.48 bits per heavy atom. The second-order valence-electron chi connectivity index (χ2n) is 6.01. The molecule has 10 nitrogen and oxygen atoms in total. The summed E-state index contributed by atoms with van der Waals surface area (Å²) in [7, 11) is 2.64. The molecule has 0 aromatic heterocycles. The second-order valence-corrected chi connectivity index (χ2v) is 6.01. The molecule has 0 aromatic carbocycles. The van der Waals surface area contributed by atoms with Crippen LogP contribution < -0.4 is 0 Å². The zero-order valence-electron chi connectivity index (χ0n) is 16.1. The highest BCUT2D eigenvalue weighted by Gasteiger charge is 2.50. The molecule has 0 aromatic rings. The van der Waals surface area contributed by atoms with Crippen LogP contribution >= 0.6 is 0 Å². The fourth-order valence-corrected chi connectivity index (χ4v) is 2.89. The van der Waals surface area contributed by atoms with Gasteiger partial charge in [0.15, 0.2) is 12.4 Å². The summed E-state index contributed by atoms with van der Waals surface area (Å²) in [5.74, 6) is -2.86. The summed E-state index contributed by atoms with van der Waals surface area (Å²) in [5.41, 5.74) is 0. The van der Waals surface area contributed by atoms with E-state index in [0.29, 0.717) is 0 Å². The molecular weight excluding hydrogens is 364 g/mol. The molecule has 0 N–H and O–H groups in total. The lowest BCUT2D eigenvalue weighted by molar-refractivity contribution is -0.286. The first-order valence-corrected chi connectivity index (χ1v) is 8.42. The van der Waals surface area contributed by atoms with Crippen molar-refractivity contribution in [3.05, 3.63) is 0 Å². The number of ether oxygens (including phenoxy) is 6. The Balaban J connectivity index is 3.14. The largest absolute Gasteiger partial charge is 0.469 e. The van der Waals surface area contributed by atoms with Gasteiger partial charge in [0, 0.05) is 34.3 Å². The summed E-state index contributed by atoms with van der Waals surface area (Å²) < 4.78 is 31.4. The number of esters is 4. The maximum Gasteiger partial charge on any atom is 0.305 e. The molecule has 27 heavy (non-hydrogen) atoms. The zero-order chi connectivity index (χ0) is 20.6. The van der Waals surface area contributed by atoms with Crippen LogP contribution in [0.4, 0.5) is 0 Å². The Bertz CT molecular complexity index is 546. The normalized spacial score (nSPS) is 27.4. The van der Waals surface area contributed by atoms with Crippen LogP contribution in [0, 0.1) is 5.92 Å². The van der Waals surface area contributed by atoms with Crippen molar-refractivity contribution in [3.8, 4) is 0 Å². The van der Waals surface area contributed by atoms with Gasteiger partial charge in [0.2, 0.25) is 0 Å². The average molecular weight is 390 g/mol. The smallest absolute Gasteiger partial charge is 0.305 e. The Labute approximate surface area is 157 Å². The Morgan fingerprint density at radius 3 is 1.96 bits per heavy atom. The minimum atomic E-state index is -1.04. The van der Waals surface area contributed by atoms with Crippen molar-refractivity contribution < 1.29 is 47.6 Å². The predicted molar refractivity (Wildman–Crippen MR) is 88.2 cm³/mol. The van der Waals surface area contributed by atoms with Crippen LogP contribution in [0.5, 0.6) is 0 Å². The summed E-state index contributed by atoms with van der Waals surface area (Å²) in [6.07, 6.45) is -3.59. The van der Waals surface area contributed by atoms with E-state index in [1.807, 2.05) is 0 Å². The van der Waals surface area contributed by atoms with Gasteiger partial charge >= 0.3 is 23.9 Å². The van der Waals surface area contributed by atoms with Gasteiger partial charge in [0.1, 0.15) is 18.8 Å². The SMILES string of the molecule is COC(=O)CC[C@@H]1[C@@H](OC)O[C@H](COC(C)=O)[C@H](OC(C)=O)[C@@H]1OC(C)=O. The molecule has 0 unspecified atom stereocenters. The standard InChI is InChI=1S/C17H26O10/c1-9(18)24-8-13-16(26-11(3)20)15(25-10(2)19)12(17(23-5)27-13)6-7-14(21)22-4/h12-13,15-17H,6-8H2,1-5H3/t12-,13+,15+,16-,17-/m0/s1. The van der Waals surface area contributed by atoms with Gasteiger partial charge < -0.3 is 28.4 Å². The fraction of sp³-hybridized carbons (Fsp3) is 0.765. The predicted octanol–water partition coefficient (Wildman–Crippen LogP) is 0.354. The molecule has 0 bridgehead atoms. The highest BCUT2D eigenvalue weighted by molar-refractivity contribution is 5.69. The summed E-state index contributed by atoms with van der Waals surface area (Å²) in [5, 5.41) is 0. The monoisotopic (exact) mass is 390 g/mol. The van der Waals surface area contributed by atoms with Crippen molar-refractivity contribution in [2.75, 3.05) is 20.8 Å². The molecule has 154 valence electrons. The van der Waals surface area contributed by atoms with E-state index in [9.17, 15) is 19.2 Å². The van der Waals surface area contributed by atoms with Crippen LogP contribution in [0.2, 0.25) is 0 Å². The third-order valence-electron chi connectivity index (χ3n) is 3.97. The molecule has 1 aliphatic rings. The van der Waals surface area contributed by atoms with Gasteiger partial charge in [-0.25, -0.2) is 0 Å². The van der Waals surface area contributed by atoms with Gasteiger partial charge in [-0.2, -0.15) is 0 Å². The number of hydrogen-bond donors (Lipinski definition) is 0. The Kier molecular flexibility index (Phi) is 9.16. The highest BCUT2D eigenvalue weighted by atomic mass is 16.7. The molecule has 0 amide bonds. The molecule has 0 saturated carbocycles. The molecule has 0 aliphatic carbocycles. The van der Waals surface area contributed by atoms with Crippen LogP contribution in [0.15, 0.2) is 0 Å². The first kappa shape index (κ1) is 22.8. The van der Waals surface area contributed by atoms with Crippen LogP contribution in [0.1, 0.15) is 33.6 Å². The molecule has 10 heteroatoms. The maximum absolute atomic E-state index is 11.6. The first-order valence-electron chi connectivity index (χ1n) is 8.42. The van der Waals surface area contributed by atoms with Crippen molar-refractivity contribution in [3.63, 3.8) is 0 Å². The van der Waals surface area contributed by atoms with E-state index in [0.717, 1.165) is 0 Å². The van der Waals surface area contributed by atoms with Crippen LogP contribution in [-0.4, -0.2) is 69.3 Å². The molecule has 0 spiro atoms. The average Bonchev–Trinajstić information content (AvgIpc) is 2.59. The van der Waals surface area contributed by atoms with E-state index in [2.05, 4.69) is 4.74 Å². The minimum absolute atomic E-state index is 0.0174. The van der Waals surface area contributed by atoms with Gasteiger partial charge in [-0.05, 0) is 6.42 Å². The number of carbonyl (C=O) groups excluding carboxylic acids is 4. The quantitative estimate of drug-likeness (QED) is 0.423. The van der Waals surface area contributed by atoms with Gasteiger partial charge in [-0.1, -0.05) is 0 Å². The number of carbonyl (C=O) groups is 4. The van der Waals surface area contributed by atoms with Gasteiger partial charge in [-0.15, -0.1) is 0 Å². The lowest BCUT2D eigenvalue weighted by atomic mass is 9.87. The van der Waals surface area contributed by atoms with Crippen LogP contribution in [-0.2, 0) is 47.6 Å². The molecule has 0 radical (unpaired) electrons. The molecule has 1 heterocycles. The first-order chi connectivity index (χ1) is 12.7. The topological polar surface area (TPSA) is 124 Å².